The summed E-state index contributed by atoms with van der Waals surface area (Å²) < 4.78 is 0. The van der Waals surface area contributed by atoms with E-state index >= 15 is 0 Å². The number of hydrogen-bond acceptors (Lipinski definition) is 4. The van der Waals surface area contributed by atoms with Gasteiger partial charge in [0.15, 0.2) is 0 Å². The molecule has 0 aromatic carbocycles. The van der Waals surface area contributed by atoms with Crippen LogP contribution in [0.25, 0.3) is 0 Å². The van der Waals surface area contributed by atoms with Crippen LogP contribution < -0.4 is 0 Å². The molecule has 92 valence electrons. The summed E-state index contributed by atoms with van der Waals surface area (Å²) in [5.41, 5.74) is 0.954. The molecule has 0 bridgehead atoms. The van der Waals surface area contributed by atoms with E-state index in [1.54, 1.807) is 6.20 Å². The van der Waals surface area contributed by atoms with Crippen molar-refractivity contribution in [2.45, 2.75) is 20.4 Å². The minimum atomic E-state index is -0.695. The lowest BCUT2D eigenvalue weighted by Gasteiger charge is -2.14. The quantitative estimate of drug-likeness (QED) is 0.844. The van der Waals surface area contributed by atoms with Crippen LogP contribution in [0.4, 0.5) is 0 Å². The first-order valence-electron chi connectivity index (χ1n) is 5.80. The fourth-order valence-electron chi connectivity index (χ4n) is 2.34. The summed E-state index contributed by atoms with van der Waals surface area (Å²) in [5.74, 6) is 0.0109. The fourth-order valence-corrected chi connectivity index (χ4v) is 2.34. The average Bonchev–Trinajstić information content (AvgIpc) is 2.59. The monoisotopic (exact) mass is 235 g/mol. The molecule has 1 aliphatic heterocycles. The number of nitrogens with zero attached hydrogens (tertiary/aromatic N) is 3. The molecule has 5 heteroatoms. The van der Waals surface area contributed by atoms with Gasteiger partial charge in [-0.15, -0.1) is 0 Å². The molecule has 1 saturated heterocycles. The maximum atomic E-state index is 11.0. The molecule has 2 atom stereocenters. The highest BCUT2D eigenvalue weighted by Gasteiger charge is 2.34. The number of carboxylic acids is 1. The summed E-state index contributed by atoms with van der Waals surface area (Å²) in [6.45, 7) is 5.98. The van der Waals surface area contributed by atoms with Gasteiger partial charge in [0.1, 0.15) is 5.82 Å². The van der Waals surface area contributed by atoms with Gasteiger partial charge in [0.05, 0.1) is 11.6 Å². The third kappa shape index (κ3) is 2.79. The number of aromatic nitrogens is 2. The molecule has 0 aliphatic carbocycles. The average molecular weight is 235 g/mol. The van der Waals surface area contributed by atoms with Crippen LogP contribution in [-0.2, 0) is 11.3 Å². The highest BCUT2D eigenvalue weighted by atomic mass is 16.4. The largest absolute Gasteiger partial charge is 0.481 e. The Morgan fingerprint density at radius 1 is 1.59 bits per heavy atom. The minimum Gasteiger partial charge on any atom is -0.481 e. The Hall–Kier alpha value is -1.49. The number of likely N-dealkylation sites (tertiary alicyclic amines) is 1. The SMILES string of the molecule is Cc1nccc(CN2C[C@@H](C)[C@H](C(=O)O)C2)n1. The highest BCUT2D eigenvalue weighted by molar-refractivity contribution is 5.71. The zero-order chi connectivity index (χ0) is 12.4. The van der Waals surface area contributed by atoms with E-state index in [0.717, 1.165) is 18.1 Å². The van der Waals surface area contributed by atoms with E-state index in [1.165, 1.54) is 0 Å². The van der Waals surface area contributed by atoms with Crippen molar-refractivity contribution in [1.29, 1.82) is 0 Å². The van der Waals surface area contributed by atoms with E-state index < -0.39 is 5.97 Å². The molecule has 1 fully saturated rings. The summed E-state index contributed by atoms with van der Waals surface area (Å²) in [5, 5.41) is 9.06. The number of aryl methyl sites for hydroxylation is 1. The fraction of sp³-hybridized carbons (Fsp3) is 0.583. The second-order valence-electron chi connectivity index (χ2n) is 4.71. The maximum Gasteiger partial charge on any atom is 0.308 e. The van der Waals surface area contributed by atoms with Gasteiger partial charge in [-0.2, -0.15) is 0 Å². The van der Waals surface area contributed by atoms with Crippen molar-refractivity contribution in [2.75, 3.05) is 13.1 Å². The molecule has 1 N–H and O–H groups in total. The standard InChI is InChI=1S/C12H17N3O2/c1-8-5-15(7-11(8)12(16)17)6-10-3-4-13-9(2)14-10/h3-4,8,11H,5-7H2,1-2H3,(H,16,17)/t8-,11-/m1/s1. The van der Waals surface area contributed by atoms with Crippen LogP contribution in [-0.4, -0.2) is 39.0 Å². The van der Waals surface area contributed by atoms with E-state index in [-0.39, 0.29) is 11.8 Å². The smallest absolute Gasteiger partial charge is 0.308 e. The summed E-state index contributed by atoms with van der Waals surface area (Å²) in [6, 6.07) is 1.88. The molecule has 0 spiro atoms. The Labute approximate surface area is 100 Å². The Bertz CT molecular complexity index is 422. The van der Waals surface area contributed by atoms with Gasteiger partial charge in [-0.3, -0.25) is 9.69 Å². The van der Waals surface area contributed by atoms with E-state index in [9.17, 15) is 4.79 Å². The van der Waals surface area contributed by atoms with Gasteiger partial charge >= 0.3 is 5.97 Å². The number of carboxylic acid groups (broad SMARTS) is 1. The highest BCUT2D eigenvalue weighted by Crippen LogP contribution is 2.24. The molecule has 0 amide bonds. The Morgan fingerprint density at radius 2 is 2.35 bits per heavy atom. The van der Waals surface area contributed by atoms with Gasteiger partial charge in [-0.05, 0) is 18.9 Å². The van der Waals surface area contributed by atoms with E-state index in [4.69, 9.17) is 5.11 Å². The predicted molar refractivity (Wildman–Crippen MR) is 62.3 cm³/mol. The number of aliphatic carboxylic acids is 1. The molecular formula is C12H17N3O2. The zero-order valence-electron chi connectivity index (χ0n) is 10.1. The second kappa shape index (κ2) is 4.79. The normalized spacial score (nSPS) is 25.1. The molecule has 1 aromatic heterocycles. The van der Waals surface area contributed by atoms with Crippen molar-refractivity contribution in [3.8, 4) is 0 Å². The van der Waals surface area contributed by atoms with Crippen LogP contribution in [0.2, 0.25) is 0 Å². The lowest BCUT2D eigenvalue weighted by atomic mass is 9.99. The molecular weight excluding hydrogens is 218 g/mol. The first kappa shape index (κ1) is 12.0. The van der Waals surface area contributed by atoms with E-state index in [0.29, 0.717) is 13.1 Å². The molecule has 2 heterocycles. The lowest BCUT2D eigenvalue weighted by molar-refractivity contribution is -0.142. The van der Waals surface area contributed by atoms with Gasteiger partial charge in [-0.1, -0.05) is 6.92 Å². The molecule has 0 unspecified atom stereocenters. The van der Waals surface area contributed by atoms with Crippen LogP contribution >= 0.6 is 0 Å². The third-order valence-corrected chi connectivity index (χ3v) is 3.22. The molecule has 1 aliphatic rings. The van der Waals surface area contributed by atoms with Gasteiger partial charge in [0.25, 0.3) is 0 Å². The van der Waals surface area contributed by atoms with Gasteiger partial charge in [0, 0.05) is 25.8 Å². The van der Waals surface area contributed by atoms with Crippen molar-refractivity contribution in [3.63, 3.8) is 0 Å². The van der Waals surface area contributed by atoms with E-state index in [2.05, 4.69) is 14.9 Å². The topological polar surface area (TPSA) is 66.3 Å². The Balaban J connectivity index is 2.00. The molecule has 0 saturated carbocycles. The van der Waals surface area contributed by atoms with Crippen LogP contribution in [0.1, 0.15) is 18.4 Å². The Morgan fingerprint density at radius 3 is 2.94 bits per heavy atom. The summed E-state index contributed by atoms with van der Waals surface area (Å²) in [6.07, 6.45) is 1.74. The lowest BCUT2D eigenvalue weighted by Crippen LogP contribution is -2.23. The second-order valence-corrected chi connectivity index (χ2v) is 4.71. The van der Waals surface area contributed by atoms with Crippen molar-refractivity contribution in [3.05, 3.63) is 23.8 Å². The zero-order valence-corrected chi connectivity index (χ0v) is 10.1. The molecule has 0 radical (unpaired) electrons. The maximum absolute atomic E-state index is 11.0. The Kier molecular flexibility index (Phi) is 3.38. The minimum absolute atomic E-state index is 0.204. The molecule has 17 heavy (non-hydrogen) atoms. The van der Waals surface area contributed by atoms with Crippen LogP contribution in [0.5, 0.6) is 0 Å². The first-order chi connectivity index (χ1) is 8.06. The van der Waals surface area contributed by atoms with Crippen molar-refractivity contribution >= 4 is 5.97 Å². The summed E-state index contributed by atoms with van der Waals surface area (Å²) in [7, 11) is 0. The first-order valence-corrected chi connectivity index (χ1v) is 5.80. The van der Waals surface area contributed by atoms with Crippen LogP contribution in [0.3, 0.4) is 0 Å². The van der Waals surface area contributed by atoms with Crippen molar-refractivity contribution < 1.29 is 9.90 Å². The predicted octanol–water partition coefficient (Wildman–Crippen LogP) is 0.938. The van der Waals surface area contributed by atoms with Crippen molar-refractivity contribution in [1.82, 2.24) is 14.9 Å². The number of carbonyl (C=O) groups is 1. The van der Waals surface area contributed by atoms with Crippen LogP contribution in [0, 0.1) is 18.8 Å². The summed E-state index contributed by atoms with van der Waals surface area (Å²) in [4.78, 5) is 21.5. The van der Waals surface area contributed by atoms with E-state index in [1.807, 2.05) is 19.9 Å². The third-order valence-electron chi connectivity index (χ3n) is 3.22. The summed E-state index contributed by atoms with van der Waals surface area (Å²) >= 11 is 0. The van der Waals surface area contributed by atoms with Gasteiger partial charge in [0.2, 0.25) is 0 Å². The van der Waals surface area contributed by atoms with Gasteiger partial charge < -0.3 is 5.11 Å². The molecule has 5 nitrogen and oxygen atoms in total. The molecule has 2 rings (SSSR count). The molecule has 1 aromatic rings. The van der Waals surface area contributed by atoms with Crippen molar-refractivity contribution in [2.24, 2.45) is 11.8 Å². The van der Waals surface area contributed by atoms with Crippen LogP contribution in [0.15, 0.2) is 12.3 Å². The van der Waals surface area contributed by atoms with Gasteiger partial charge in [-0.25, -0.2) is 9.97 Å². The number of hydrogen-bond donors (Lipinski definition) is 1. The number of rotatable bonds is 3.